The van der Waals surface area contributed by atoms with Gasteiger partial charge in [-0.05, 0) is 19.1 Å². The summed E-state index contributed by atoms with van der Waals surface area (Å²) in [5, 5.41) is 19.9. The first-order valence-electron chi connectivity index (χ1n) is 4.66. The van der Waals surface area contributed by atoms with Crippen molar-refractivity contribution in [2.75, 3.05) is 5.32 Å². The first kappa shape index (κ1) is 11.2. The van der Waals surface area contributed by atoms with E-state index < -0.39 is 0 Å². The number of nitriles is 1. The van der Waals surface area contributed by atoms with Crippen LogP contribution in [0.4, 0.5) is 5.13 Å². The number of nitrogens with zero attached hydrogens (tertiary/aromatic N) is 4. The van der Waals surface area contributed by atoms with Crippen molar-refractivity contribution < 1.29 is 4.79 Å². The molecule has 2 heterocycles. The molecule has 2 aromatic rings. The van der Waals surface area contributed by atoms with Crippen molar-refractivity contribution >= 4 is 22.4 Å². The maximum absolute atomic E-state index is 11.7. The Morgan fingerprint density at radius 1 is 1.47 bits per heavy atom. The van der Waals surface area contributed by atoms with Crippen LogP contribution >= 0.6 is 11.3 Å². The molecule has 6 nitrogen and oxygen atoms in total. The van der Waals surface area contributed by atoms with Gasteiger partial charge in [-0.3, -0.25) is 10.1 Å². The van der Waals surface area contributed by atoms with Gasteiger partial charge in [-0.2, -0.15) is 5.26 Å². The number of aromatic nitrogens is 3. The van der Waals surface area contributed by atoms with Crippen LogP contribution < -0.4 is 5.32 Å². The number of nitrogens with one attached hydrogen (secondary N) is 1. The number of pyridine rings is 1. The first-order valence-corrected chi connectivity index (χ1v) is 5.48. The van der Waals surface area contributed by atoms with Gasteiger partial charge in [0.1, 0.15) is 16.8 Å². The quantitative estimate of drug-likeness (QED) is 0.862. The van der Waals surface area contributed by atoms with Gasteiger partial charge in [0.2, 0.25) is 5.13 Å². The van der Waals surface area contributed by atoms with Gasteiger partial charge in [0.05, 0.1) is 5.56 Å². The minimum Gasteiger partial charge on any atom is -0.295 e. The summed E-state index contributed by atoms with van der Waals surface area (Å²) >= 11 is 1.28. The number of carbonyl (C=O) groups excluding carboxylic acids is 1. The van der Waals surface area contributed by atoms with Gasteiger partial charge in [0.25, 0.3) is 5.91 Å². The molecule has 2 rings (SSSR count). The van der Waals surface area contributed by atoms with E-state index in [0.29, 0.717) is 10.7 Å². The van der Waals surface area contributed by atoms with Crippen LogP contribution in [0.25, 0.3) is 0 Å². The molecule has 0 radical (unpaired) electrons. The SMILES string of the molecule is Cc1nnc(NC(=O)c2ccc(C#N)cn2)s1. The highest BCUT2D eigenvalue weighted by Gasteiger charge is 2.10. The van der Waals surface area contributed by atoms with Crippen molar-refractivity contribution in [2.24, 2.45) is 0 Å². The molecule has 0 aromatic carbocycles. The van der Waals surface area contributed by atoms with Crippen molar-refractivity contribution in [3.63, 3.8) is 0 Å². The van der Waals surface area contributed by atoms with E-state index >= 15 is 0 Å². The van der Waals surface area contributed by atoms with Crippen molar-refractivity contribution in [1.82, 2.24) is 15.2 Å². The molecule has 0 spiro atoms. The van der Waals surface area contributed by atoms with Gasteiger partial charge in [0.15, 0.2) is 0 Å². The molecule has 0 saturated heterocycles. The molecular formula is C10H7N5OS. The predicted octanol–water partition coefficient (Wildman–Crippen LogP) is 1.37. The van der Waals surface area contributed by atoms with Gasteiger partial charge < -0.3 is 0 Å². The van der Waals surface area contributed by atoms with Gasteiger partial charge in [-0.15, -0.1) is 10.2 Å². The van der Waals surface area contributed by atoms with Gasteiger partial charge in [-0.1, -0.05) is 11.3 Å². The topological polar surface area (TPSA) is 91.6 Å². The summed E-state index contributed by atoms with van der Waals surface area (Å²) in [6.07, 6.45) is 1.35. The molecule has 0 aliphatic rings. The van der Waals surface area contributed by atoms with Crippen LogP contribution in [0, 0.1) is 18.3 Å². The molecule has 0 fully saturated rings. The van der Waals surface area contributed by atoms with Crippen LogP contribution in [0.1, 0.15) is 21.1 Å². The number of rotatable bonds is 2. The fraction of sp³-hybridized carbons (Fsp3) is 0.100. The molecule has 1 N–H and O–H groups in total. The lowest BCUT2D eigenvalue weighted by Gasteiger charge is -1.99. The van der Waals surface area contributed by atoms with Crippen LogP contribution in [-0.4, -0.2) is 21.1 Å². The largest absolute Gasteiger partial charge is 0.295 e. The van der Waals surface area contributed by atoms with E-state index in [1.807, 2.05) is 6.07 Å². The number of aryl methyl sites for hydroxylation is 1. The molecule has 0 aliphatic heterocycles. The standard InChI is InChI=1S/C10H7N5OS/c1-6-14-15-10(17-6)13-9(16)8-3-2-7(4-11)5-12-8/h2-3,5H,1H3,(H,13,15,16). The molecule has 17 heavy (non-hydrogen) atoms. The van der Waals surface area contributed by atoms with E-state index in [0.717, 1.165) is 5.01 Å². The van der Waals surface area contributed by atoms with Crippen molar-refractivity contribution in [3.05, 3.63) is 34.6 Å². The smallest absolute Gasteiger partial charge is 0.276 e. The van der Waals surface area contributed by atoms with Crippen LogP contribution in [0.5, 0.6) is 0 Å². The molecule has 0 saturated carbocycles. The van der Waals surface area contributed by atoms with E-state index in [2.05, 4.69) is 20.5 Å². The molecule has 0 unspecified atom stereocenters. The Balaban J connectivity index is 2.12. The summed E-state index contributed by atoms with van der Waals surface area (Å²) in [6, 6.07) is 4.95. The zero-order valence-corrected chi connectivity index (χ0v) is 9.65. The Kier molecular flexibility index (Phi) is 3.07. The zero-order chi connectivity index (χ0) is 12.3. The second kappa shape index (κ2) is 4.67. The number of amides is 1. The number of hydrogen-bond acceptors (Lipinski definition) is 6. The van der Waals surface area contributed by atoms with Crippen molar-refractivity contribution in [1.29, 1.82) is 5.26 Å². The molecule has 84 valence electrons. The van der Waals surface area contributed by atoms with Gasteiger partial charge >= 0.3 is 0 Å². The lowest BCUT2D eigenvalue weighted by molar-refractivity contribution is 0.102. The summed E-state index contributed by atoms with van der Waals surface area (Å²) in [7, 11) is 0. The lowest BCUT2D eigenvalue weighted by atomic mass is 10.2. The summed E-state index contributed by atoms with van der Waals surface area (Å²) in [4.78, 5) is 15.6. The van der Waals surface area contributed by atoms with Crippen LogP contribution in [0.3, 0.4) is 0 Å². The van der Waals surface area contributed by atoms with E-state index in [1.165, 1.54) is 29.7 Å². The summed E-state index contributed by atoms with van der Waals surface area (Å²) < 4.78 is 0. The average Bonchev–Trinajstić information content (AvgIpc) is 2.75. The van der Waals surface area contributed by atoms with Gasteiger partial charge in [-0.25, -0.2) is 4.98 Å². The lowest BCUT2D eigenvalue weighted by Crippen LogP contribution is -2.13. The molecule has 0 aliphatic carbocycles. The van der Waals surface area contributed by atoms with Crippen LogP contribution in [0.15, 0.2) is 18.3 Å². The highest BCUT2D eigenvalue weighted by Crippen LogP contribution is 2.14. The highest BCUT2D eigenvalue weighted by molar-refractivity contribution is 7.15. The van der Waals surface area contributed by atoms with Crippen LogP contribution in [-0.2, 0) is 0 Å². The third-order valence-electron chi connectivity index (χ3n) is 1.87. The zero-order valence-electron chi connectivity index (χ0n) is 8.84. The number of hydrogen-bond donors (Lipinski definition) is 1. The molecule has 0 bridgehead atoms. The second-order valence-electron chi connectivity index (χ2n) is 3.12. The molecule has 7 heteroatoms. The first-order chi connectivity index (χ1) is 8.19. The summed E-state index contributed by atoms with van der Waals surface area (Å²) in [5.74, 6) is -0.370. The van der Waals surface area contributed by atoms with E-state index in [9.17, 15) is 4.79 Å². The van der Waals surface area contributed by atoms with Crippen molar-refractivity contribution in [2.45, 2.75) is 6.92 Å². The minimum absolute atomic E-state index is 0.233. The second-order valence-corrected chi connectivity index (χ2v) is 4.31. The van der Waals surface area contributed by atoms with E-state index in [1.54, 1.807) is 6.92 Å². The third kappa shape index (κ3) is 2.62. The summed E-state index contributed by atoms with van der Waals surface area (Å²) in [5.41, 5.74) is 0.644. The van der Waals surface area contributed by atoms with Crippen molar-refractivity contribution in [3.8, 4) is 6.07 Å². The summed E-state index contributed by atoms with van der Waals surface area (Å²) in [6.45, 7) is 1.80. The minimum atomic E-state index is -0.370. The molecule has 0 atom stereocenters. The maximum atomic E-state index is 11.7. The molecule has 1 amide bonds. The number of carbonyl (C=O) groups is 1. The van der Waals surface area contributed by atoms with Crippen LogP contribution in [0.2, 0.25) is 0 Å². The Bertz CT molecular complexity index is 583. The average molecular weight is 245 g/mol. The fourth-order valence-electron chi connectivity index (χ4n) is 1.10. The Hall–Kier alpha value is -2.33. The maximum Gasteiger partial charge on any atom is 0.276 e. The predicted molar refractivity (Wildman–Crippen MR) is 61.6 cm³/mol. The Labute approximate surface area is 101 Å². The monoisotopic (exact) mass is 245 g/mol. The Morgan fingerprint density at radius 2 is 2.29 bits per heavy atom. The third-order valence-corrected chi connectivity index (χ3v) is 2.63. The number of anilines is 1. The Morgan fingerprint density at radius 3 is 2.82 bits per heavy atom. The highest BCUT2D eigenvalue weighted by atomic mass is 32.1. The normalized spacial score (nSPS) is 9.65. The fourth-order valence-corrected chi connectivity index (χ4v) is 1.69. The van der Waals surface area contributed by atoms with Gasteiger partial charge in [0, 0.05) is 6.20 Å². The van der Waals surface area contributed by atoms with E-state index in [4.69, 9.17) is 5.26 Å². The van der Waals surface area contributed by atoms with E-state index in [-0.39, 0.29) is 11.6 Å². The molecule has 2 aromatic heterocycles. The molecular weight excluding hydrogens is 238 g/mol.